The molecule has 0 fully saturated rings. The second-order valence-electron chi connectivity index (χ2n) is 6.81. The molecular formula is C21H19Cl3N4O2. The first kappa shape index (κ1) is 22.2. The number of carbonyl (C=O) groups excluding carboxylic acids is 1. The number of aryl methyl sites for hydroxylation is 1. The van der Waals surface area contributed by atoms with Gasteiger partial charge in [0, 0.05) is 12.7 Å². The predicted octanol–water partition coefficient (Wildman–Crippen LogP) is 4.88. The highest BCUT2D eigenvalue weighted by atomic mass is 35.5. The normalized spacial score (nSPS) is 10.7. The molecule has 0 aliphatic rings. The first-order valence-corrected chi connectivity index (χ1v) is 10.1. The van der Waals surface area contributed by atoms with E-state index in [1.165, 1.54) is 6.20 Å². The maximum atomic E-state index is 12.5. The number of hydrogen-bond acceptors (Lipinski definition) is 4. The molecule has 1 heterocycles. The Kier molecular flexibility index (Phi) is 6.71. The van der Waals surface area contributed by atoms with Crippen molar-refractivity contribution in [1.29, 1.82) is 0 Å². The lowest BCUT2D eigenvalue weighted by molar-refractivity contribution is -0.114. The topological polar surface area (TPSA) is 67.2 Å². The molecule has 156 valence electrons. The Morgan fingerprint density at radius 1 is 1.13 bits per heavy atom. The smallest absolute Gasteiger partial charge is 0.291 e. The third-order valence-electron chi connectivity index (χ3n) is 4.72. The summed E-state index contributed by atoms with van der Waals surface area (Å²) in [4.78, 5) is 26.5. The largest absolute Gasteiger partial charge is 0.364 e. The molecule has 0 radical (unpaired) electrons. The zero-order chi connectivity index (χ0) is 22.0. The average Bonchev–Trinajstić information content (AvgIpc) is 2.69. The second kappa shape index (κ2) is 9.08. The highest BCUT2D eigenvalue weighted by Gasteiger charge is 2.15. The lowest BCUT2D eigenvalue weighted by Gasteiger charge is -2.21. The average molecular weight is 466 g/mol. The van der Waals surface area contributed by atoms with Crippen LogP contribution >= 0.6 is 34.8 Å². The number of carbonyl (C=O) groups is 1. The highest BCUT2D eigenvalue weighted by Crippen LogP contribution is 2.27. The lowest BCUT2D eigenvalue weighted by atomic mass is 10.1. The predicted molar refractivity (Wildman–Crippen MR) is 123 cm³/mol. The fourth-order valence-electron chi connectivity index (χ4n) is 2.91. The Balaban J connectivity index is 1.78. The number of halogens is 3. The molecule has 0 aliphatic heterocycles. The third kappa shape index (κ3) is 4.61. The van der Waals surface area contributed by atoms with Crippen LogP contribution in [0.1, 0.15) is 11.1 Å². The number of anilines is 2. The van der Waals surface area contributed by atoms with E-state index in [9.17, 15) is 9.59 Å². The van der Waals surface area contributed by atoms with Gasteiger partial charge in [-0.3, -0.25) is 9.59 Å². The number of amides is 1. The summed E-state index contributed by atoms with van der Waals surface area (Å²) in [6, 6.07) is 10.7. The minimum absolute atomic E-state index is 0.0789. The van der Waals surface area contributed by atoms with E-state index in [2.05, 4.69) is 10.4 Å². The Morgan fingerprint density at radius 2 is 1.87 bits per heavy atom. The Labute approximate surface area is 189 Å². The van der Waals surface area contributed by atoms with Gasteiger partial charge in [-0.15, -0.1) is 0 Å². The van der Waals surface area contributed by atoms with Gasteiger partial charge in [-0.1, -0.05) is 46.9 Å². The van der Waals surface area contributed by atoms with E-state index in [1.54, 1.807) is 30.1 Å². The monoisotopic (exact) mass is 464 g/mol. The molecular weight excluding hydrogens is 447 g/mol. The summed E-state index contributed by atoms with van der Waals surface area (Å²) in [5.74, 6) is -0.172. The van der Waals surface area contributed by atoms with Crippen LogP contribution in [0.25, 0.3) is 5.69 Å². The lowest BCUT2D eigenvalue weighted by Crippen LogP contribution is -2.30. The summed E-state index contributed by atoms with van der Waals surface area (Å²) in [7, 11) is 1.76. The van der Waals surface area contributed by atoms with Crippen molar-refractivity contribution < 1.29 is 4.79 Å². The Morgan fingerprint density at radius 3 is 2.57 bits per heavy atom. The van der Waals surface area contributed by atoms with Crippen molar-refractivity contribution >= 4 is 52.1 Å². The van der Waals surface area contributed by atoms with Gasteiger partial charge in [0.2, 0.25) is 5.91 Å². The van der Waals surface area contributed by atoms with Gasteiger partial charge >= 0.3 is 0 Å². The van der Waals surface area contributed by atoms with Crippen LogP contribution in [0, 0.1) is 13.8 Å². The van der Waals surface area contributed by atoms with Crippen LogP contribution in [0.5, 0.6) is 0 Å². The molecule has 3 aromatic rings. The number of likely N-dealkylation sites (N-methyl/N-ethyl adjacent to an activating group) is 1. The van der Waals surface area contributed by atoms with Gasteiger partial charge in [0.1, 0.15) is 5.02 Å². The van der Waals surface area contributed by atoms with Gasteiger partial charge in [-0.05, 0) is 49.2 Å². The zero-order valence-electron chi connectivity index (χ0n) is 16.5. The molecule has 0 unspecified atom stereocenters. The summed E-state index contributed by atoms with van der Waals surface area (Å²) < 4.78 is 1.11. The molecule has 0 bridgehead atoms. The molecule has 0 aliphatic carbocycles. The summed E-state index contributed by atoms with van der Waals surface area (Å²) in [6.45, 7) is 4.05. The second-order valence-corrected chi connectivity index (χ2v) is 8.00. The zero-order valence-corrected chi connectivity index (χ0v) is 18.8. The van der Waals surface area contributed by atoms with Crippen molar-refractivity contribution in [2.45, 2.75) is 13.8 Å². The molecule has 1 amide bonds. The fourth-order valence-corrected chi connectivity index (χ4v) is 3.48. The molecule has 1 aromatic heterocycles. The molecule has 9 heteroatoms. The number of aromatic nitrogens is 2. The third-order valence-corrected chi connectivity index (χ3v) is 5.77. The molecule has 3 rings (SSSR count). The van der Waals surface area contributed by atoms with E-state index in [1.807, 2.05) is 32.0 Å². The molecule has 30 heavy (non-hydrogen) atoms. The molecule has 0 spiro atoms. The summed E-state index contributed by atoms with van der Waals surface area (Å²) in [6.07, 6.45) is 1.29. The van der Waals surface area contributed by atoms with E-state index >= 15 is 0 Å². The SMILES string of the molecule is Cc1cccc(NC(=O)CN(C)c2ccc(-n3ncc(Cl)c(Cl)c3=O)cc2Cl)c1C. The van der Waals surface area contributed by atoms with Gasteiger partial charge in [-0.25, -0.2) is 0 Å². The molecule has 1 N–H and O–H groups in total. The number of nitrogens with zero attached hydrogens (tertiary/aromatic N) is 3. The summed E-state index contributed by atoms with van der Waals surface area (Å²) in [5.41, 5.74) is 3.42. The van der Waals surface area contributed by atoms with Gasteiger partial charge in [0.05, 0.1) is 34.2 Å². The van der Waals surface area contributed by atoms with Crippen LogP contribution in [0.2, 0.25) is 15.1 Å². The Bertz CT molecular complexity index is 1180. The number of hydrogen-bond donors (Lipinski definition) is 1. The van der Waals surface area contributed by atoms with E-state index in [-0.39, 0.29) is 22.5 Å². The van der Waals surface area contributed by atoms with Gasteiger partial charge in [0.15, 0.2) is 0 Å². The molecule has 0 saturated heterocycles. The van der Waals surface area contributed by atoms with E-state index in [4.69, 9.17) is 34.8 Å². The summed E-state index contributed by atoms with van der Waals surface area (Å²) in [5, 5.41) is 7.22. The van der Waals surface area contributed by atoms with E-state index in [0.717, 1.165) is 21.5 Å². The first-order chi connectivity index (χ1) is 14.2. The highest BCUT2D eigenvalue weighted by molar-refractivity contribution is 6.41. The number of nitrogens with one attached hydrogen (secondary N) is 1. The van der Waals surface area contributed by atoms with E-state index < -0.39 is 5.56 Å². The minimum Gasteiger partial charge on any atom is -0.364 e. The summed E-state index contributed by atoms with van der Waals surface area (Å²) >= 11 is 18.1. The quantitative estimate of drug-likeness (QED) is 0.583. The minimum atomic E-state index is -0.547. The standard InChI is InChI=1S/C21H19Cl3N4O2/c1-12-5-4-6-17(13(12)2)26-19(29)11-27(3)18-8-7-14(9-15(18)22)28-21(30)20(24)16(23)10-25-28/h4-10H,11H2,1-3H3,(H,26,29). The number of benzene rings is 2. The van der Waals surface area contributed by atoms with Crippen LogP contribution in [-0.4, -0.2) is 29.3 Å². The van der Waals surface area contributed by atoms with Crippen LogP contribution in [0.3, 0.4) is 0 Å². The van der Waals surface area contributed by atoms with Crippen LogP contribution < -0.4 is 15.8 Å². The Hall–Kier alpha value is -2.54. The maximum absolute atomic E-state index is 12.5. The van der Waals surface area contributed by atoms with Gasteiger partial charge in [0.25, 0.3) is 5.56 Å². The van der Waals surface area contributed by atoms with Crippen LogP contribution in [-0.2, 0) is 4.79 Å². The van der Waals surface area contributed by atoms with Gasteiger partial charge < -0.3 is 10.2 Å². The fraction of sp³-hybridized carbons (Fsp3) is 0.190. The van der Waals surface area contributed by atoms with Crippen molar-refractivity contribution in [2.24, 2.45) is 0 Å². The maximum Gasteiger partial charge on any atom is 0.291 e. The van der Waals surface area contributed by atoms with Crippen molar-refractivity contribution in [3.8, 4) is 5.69 Å². The van der Waals surface area contributed by atoms with Crippen LogP contribution in [0.4, 0.5) is 11.4 Å². The first-order valence-electron chi connectivity index (χ1n) is 8.99. The number of rotatable bonds is 5. The van der Waals surface area contributed by atoms with Crippen molar-refractivity contribution in [2.75, 3.05) is 23.8 Å². The van der Waals surface area contributed by atoms with Gasteiger partial charge in [-0.2, -0.15) is 9.78 Å². The van der Waals surface area contributed by atoms with E-state index in [0.29, 0.717) is 16.4 Å². The van der Waals surface area contributed by atoms with Crippen molar-refractivity contribution in [1.82, 2.24) is 9.78 Å². The molecule has 2 aromatic carbocycles. The van der Waals surface area contributed by atoms with Crippen molar-refractivity contribution in [3.05, 3.63) is 79.1 Å². The van der Waals surface area contributed by atoms with Crippen LogP contribution in [0.15, 0.2) is 47.4 Å². The molecule has 0 saturated carbocycles. The van der Waals surface area contributed by atoms with Crippen molar-refractivity contribution in [3.63, 3.8) is 0 Å². The molecule has 6 nitrogen and oxygen atoms in total. The molecule has 0 atom stereocenters.